The largest absolute Gasteiger partial charge is 0.481 e. The van der Waals surface area contributed by atoms with E-state index in [1.54, 1.807) is 6.20 Å². The van der Waals surface area contributed by atoms with E-state index in [9.17, 15) is 4.79 Å². The van der Waals surface area contributed by atoms with Crippen molar-refractivity contribution in [3.63, 3.8) is 0 Å². The second kappa shape index (κ2) is 5.65. The maximum absolute atomic E-state index is 10.4. The van der Waals surface area contributed by atoms with E-state index in [-0.39, 0.29) is 12.5 Å². The lowest BCUT2D eigenvalue weighted by atomic mass is 10.1. The molecule has 0 aromatic carbocycles. The summed E-state index contributed by atoms with van der Waals surface area (Å²) in [5.74, 6) is -0.798. The van der Waals surface area contributed by atoms with E-state index in [0.29, 0.717) is 18.9 Å². The van der Waals surface area contributed by atoms with Crippen molar-refractivity contribution in [2.45, 2.75) is 45.2 Å². The van der Waals surface area contributed by atoms with Crippen LogP contribution in [0.4, 0.5) is 0 Å². The monoisotopic (exact) mass is 225 g/mol. The Morgan fingerprint density at radius 3 is 2.81 bits per heavy atom. The van der Waals surface area contributed by atoms with Crippen LogP contribution in [0.2, 0.25) is 0 Å². The second-order valence-corrected chi connectivity index (χ2v) is 4.32. The minimum atomic E-state index is -0.798. The Morgan fingerprint density at radius 2 is 2.31 bits per heavy atom. The van der Waals surface area contributed by atoms with Crippen LogP contribution in [-0.2, 0) is 11.2 Å². The quantitative estimate of drug-likeness (QED) is 0.762. The molecule has 1 atom stereocenters. The van der Waals surface area contributed by atoms with Gasteiger partial charge in [0.15, 0.2) is 0 Å². The molecule has 1 aromatic rings. The summed E-state index contributed by atoms with van der Waals surface area (Å²) in [4.78, 5) is 10.4. The van der Waals surface area contributed by atoms with Crippen molar-refractivity contribution in [2.24, 2.45) is 5.73 Å². The Balaban J connectivity index is 2.43. The first-order valence-corrected chi connectivity index (χ1v) is 5.49. The highest BCUT2D eigenvalue weighted by molar-refractivity contribution is 5.66. The average molecular weight is 225 g/mol. The SMILES string of the molecule is CC(C)n1cc(CC(N)CCC(=O)O)cn1. The Labute approximate surface area is 95.3 Å². The van der Waals surface area contributed by atoms with Gasteiger partial charge in [0, 0.05) is 24.7 Å². The zero-order valence-corrected chi connectivity index (χ0v) is 9.76. The fourth-order valence-corrected chi connectivity index (χ4v) is 1.48. The topological polar surface area (TPSA) is 81.1 Å². The van der Waals surface area contributed by atoms with Crippen molar-refractivity contribution < 1.29 is 9.90 Å². The highest BCUT2D eigenvalue weighted by Gasteiger charge is 2.09. The van der Waals surface area contributed by atoms with Crippen LogP contribution in [0.3, 0.4) is 0 Å². The van der Waals surface area contributed by atoms with Crippen LogP contribution >= 0.6 is 0 Å². The molecule has 0 saturated heterocycles. The molecular weight excluding hydrogens is 206 g/mol. The number of carbonyl (C=O) groups is 1. The summed E-state index contributed by atoms with van der Waals surface area (Å²) in [5, 5.41) is 12.7. The number of aromatic nitrogens is 2. The molecular formula is C11H19N3O2. The van der Waals surface area contributed by atoms with Gasteiger partial charge in [-0.2, -0.15) is 5.10 Å². The van der Waals surface area contributed by atoms with Gasteiger partial charge in [0.2, 0.25) is 0 Å². The number of nitrogens with zero attached hydrogens (tertiary/aromatic N) is 2. The van der Waals surface area contributed by atoms with Gasteiger partial charge in [-0.15, -0.1) is 0 Å². The summed E-state index contributed by atoms with van der Waals surface area (Å²) >= 11 is 0. The fraction of sp³-hybridized carbons (Fsp3) is 0.636. The first kappa shape index (κ1) is 12.7. The van der Waals surface area contributed by atoms with Gasteiger partial charge in [0.05, 0.1) is 6.20 Å². The summed E-state index contributed by atoms with van der Waals surface area (Å²) in [5.41, 5.74) is 6.90. The maximum Gasteiger partial charge on any atom is 0.303 e. The Bertz CT molecular complexity index is 347. The first-order chi connectivity index (χ1) is 7.49. The van der Waals surface area contributed by atoms with E-state index >= 15 is 0 Å². The summed E-state index contributed by atoms with van der Waals surface area (Å²) in [6.07, 6.45) is 5.06. The molecule has 1 rings (SSSR count). The van der Waals surface area contributed by atoms with Gasteiger partial charge in [-0.3, -0.25) is 9.48 Å². The summed E-state index contributed by atoms with van der Waals surface area (Å²) < 4.78 is 1.87. The van der Waals surface area contributed by atoms with E-state index in [4.69, 9.17) is 10.8 Å². The zero-order chi connectivity index (χ0) is 12.1. The van der Waals surface area contributed by atoms with Crippen molar-refractivity contribution in [2.75, 3.05) is 0 Å². The lowest BCUT2D eigenvalue weighted by molar-refractivity contribution is -0.137. The second-order valence-electron chi connectivity index (χ2n) is 4.32. The van der Waals surface area contributed by atoms with Gasteiger partial charge in [0.1, 0.15) is 0 Å². The number of carboxylic acid groups (broad SMARTS) is 1. The minimum Gasteiger partial charge on any atom is -0.481 e. The molecule has 0 saturated carbocycles. The van der Waals surface area contributed by atoms with Crippen LogP contribution in [0.15, 0.2) is 12.4 Å². The number of rotatable bonds is 6. The number of carboxylic acids is 1. The minimum absolute atomic E-state index is 0.110. The van der Waals surface area contributed by atoms with Crippen LogP contribution in [0.1, 0.15) is 38.3 Å². The Hall–Kier alpha value is -1.36. The lowest BCUT2D eigenvalue weighted by Crippen LogP contribution is -2.23. The van der Waals surface area contributed by atoms with Crippen LogP contribution in [0.25, 0.3) is 0 Å². The summed E-state index contributed by atoms with van der Waals surface area (Å²) in [7, 11) is 0. The van der Waals surface area contributed by atoms with Gasteiger partial charge >= 0.3 is 5.97 Å². The molecule has 3 N–H and O–H groups in total. The molecule has 1 aromatic heterocycles. The number of aliphatic carboxylic acids is 1. The van der Waals surface area contributed by atoms with E-state index < -0.39 is 5.97 Å². The molecule has 0 aliphatic rings. The van der Waals surface area contributed by atoms with Gasteiger partial charge in [-0.25, -0.2) is 0 Å². The smallest absolute Gasteiger partial charge is 0.303 e. The molecule has 0 aliphatic carbocycles. The molecule has 0 bridgehead atoms. The molecule has 0 fully saturated rings. The fourth-order valence-electron chi connectivity index (χ4n) is 1.48. The Morgan fingerprint density at radius 1 is 1.62 bits per heavy atom. The molecule has 0 aliphatic heterocycles. The van der Waals surface area contributed by atoms with E-state index in [0.717, 1.165) is 5.56 Å². The summed E-state index contributed by atoms with van der Waals surface area (Å²) in [6.45, 7) is 4.11. The van der Waals surface area contributed by atoms with E-state index in [2.05, 4.69) is 18.9 Å². The molecule has 1 unspecified atom stereocenters. The molecule has 5 nitrogen and oxygen atoms in total. The molecule has 0 radical (unpaired) electrons. The third-order valence-corrected chi connectivity index (χ3v) is 2.41. The van der Waals surface area contributed by atoms with Crippen molar-refractivity contribution in [1.82, 2.24) is 9.78 Å². The van der Waals surface area contributed by atoms with E-state index in [1.807, 2.05) is 10.9 Å². The highest BCUT2D eigenvalue weighted by Crippen LogP contribution is 2.08. The molecule has 0 amide bonds. The van der Waals surface area contributed by atoms with Crippen LogP contribution in [-0.4, -0.2) is 26.9 Å². The van der Waals surface area contributed by atoms with Crippen molar-refractivity contribution >= 4 is 5.97 Å². The molecule has 90 valence electrons. The molecule has 5 heteroatoms. The predicted molar refractivity (Wildman–Crippen MR) is 61.2 cm³/mol. The lowest BCUT2D eigenvalue weighted by Gasteiger charge is -2.08. The molecule has 0 spiro atoms. The normalized spacial score (nSPS) is 13.0. The van der Waals surface area contributed by atoms with Crippen molar-refractivity contribution in [3.8, 4) is 0 Å². The number of hydrogen-bond acceptors (Lipinski definition) is 3. The molecule has 1 heterocycles. The van der Waals surface area contributed by atoms with Gasteiger partial charge in [-0.1, -0.05) is 0 Å². The third-order valence-electron chi connectivity index (χ3n) is 2.41. The summed E-state index contributed by atoms with van der Waals surface area (Å²) in [6, 6.07) is 0.227. The van der Waals surface area contributed by atoms with E-state index in [1.165, 1.54) is 0 Å². The van der Waals surface area contributed by atoms with Gasteiger partial charge in [0.25, 0.3) is 0 Å². The van der Waals surface area contributed by atoms with Gasteiger partial charge < -0.3 is 10.8 Å². The van der Waals surface area contributed by atoms with Crippen molar-refractivity contribution in [3.05, 3.63) is 18.0 Å². The number of hydrogen-bond donors (Lipinski definition) is 2. The predicted octanol–water partition coefficient (Wildman–Crippen LogP) is 1.20. The highest BCUT2D eigenvalue weighted by atomic mass is 16.4. The van der Waals surface area contributed by atoms with Crippen molar-refractivity contribution in [1.29, 1.82) is 0 Å². The standard InChI is InChI=1S/C11H19N3O2/c1-8(2)14-7-9(6-13-14)5-10(12)3-4-11(15)16/h6-8,10H,3-5,12H2,1-2H3,(H,15,16). The maximum atomic E-state index is 10.4. The van der Waals surface area contributed by atoms with Crippen LogP contribution in [0.5, 0.6) is 0 Å². The zero-order valence-electron chi connectivity index (χ0n) is 9.76. The number of nitrogens with two attached hydrogens (primary N) is 1. The molecule has 16 heavy (non-hydrogen) atoms. The Kier molecular flexibility index (Phi) is 4.49. The van der Waals surface area contributed by atoms with Gasteiger partial charge in [-0.05, 0) is 32.3 Å². The first-order valence-electron chi connectivity index (χ1n) is 5.49. The third kappa shape index (κ3) is 4.02. The average Bonchev–Trinajstić information content (AvgIpc) is 2.63. The van der Waals surface area contributed by atoms with Crippen LogP contribution in [0, 0.1) is 0 Å². The van der Waals surface area contributed by atoms with Crippen LogP contribution < -0.4 is 5.73 Å².